The number of anilines is 1. The van der Waals surface area contributed by atoms with Gasteiger partial charge in [-0.05, 0) is 38.1 Å². The van der Waals surface area contributed by atoms with Crippen LogP contribution in [0.25, 0.3) is 11.5 Å². The van der Waals surface area contributed by atoms with Gasteiger partial charge in [0.25, 0.3) is 5.91 Å². The summed E-state index contributed by atoms with van der Waals surface area (Å²) in [6.07, 6.45) is 3.35. The van der Waals surface area contributed by atoms with E-state index in [1.165, 1.54) is 6.26 Å². The maximum Gasteiger partial charge on any atom is 0.279 e. The van der Waals surface area contributed by atoms with Crippen molar-refractivity contribution in [1.29, 1.82) is 0 Å². The highest BCUT2D eigenvalue weighted by atomic mass is 16.3. The quantitative estimate of drug-likeness (QED) is 0.747. The summed E-state index contributed by atoms with van der Waals surface area (Å²) < 4.78 is 7.01. The zero-order valence-electron chi connectivity index (χ0n) is 14.5. The molecule has 2 N–H and O–H groups in total. The number of oxazole rings is 1. The summed E-state index contributed by atoms with van der Waals surface area (Å²) in [5.74, 6) is 1.54. The lowest BCUT2D eigenvalue weighted by Crippen LogP contribution is -2.27. The molecule has 1 aromatic carbocycles. The predicted octanol–water partition coefficient (Wildman–Crippen LogP) is 2.19. The minimum absolute atomic E-state index is 0.204. The predicted molar refractivity (Wildman–Crippen MR) is 95.7 cm³/mol. The Morgan fingerprint density at radius 1 is 1.23 bits per heavy atom. The van der Waals surface area contributed by atoms with Crippen LogP contribution in [0.5, 0.6) is 0 Å². The summed E-state index contributed by atoms with van der Waals surface area (Å²) in [6, 6.07) is 9.44. The third kappa shape index (κ3) is 3.36. The smallest absolute Gasteiger partial charge is 0.279 e. The number of carbonyl (C=O) groups is 1. The zero-order valence-corrected chi connectivity index (χ0v) is 14.5. The molecular weight excluding hydrogens is 332 g/mol. The van der Waals surface area contributed by atoms with Crippen LogP contribution in [0.15, 0.2) is 41.0 Å². The number of aromatic nitrogens is 4. The van der Waals surface area contributed by atoms with Gasteiger partial charge >= 0.3 is 0 Å². The molecule has 3 heterocycles. The Balaban J connectivity index is 1.48. The summed E-state index contributed by atoms with van der Waals surface area (Å²) in [5.41, 5.74) is 1.02. The molecule has 0 aliphatic carbocycles. The molecule has 0 spiro atoms. The molecule has 26 heavy (non-hydrogen) atoms. The van der Waals surface area contributed by atoms with E-state index in [-0.39, 0.29) is 11.6 Å². The van der Waals surface area contributed by atoms with Crippen LogP contribution >= 0.6 is 0 Å². The summed E-state index contributed by atoms with van der Waals surface area (Å²) in [6.45, 7) is 1.93. The number of hydrogen-bond donors (Lipinski definition) is 2. The van der Waals surface area contributed by atoms with E-state index in [4.69, 9.17) is 4.42 Å². The minimum Gasteiger partial charge on any atom is -0.444 e. The molecular formula is C18H20N6O2. The SMILES string of the molecule is Cn1nc(C2CCNCC2)nc1NC(=O)c1coc(-c2ccccc2)n1. The normalized spacial score (nSPS) is 15.1. The molecule has 0 atom stereocenters. The molecule has 1 fully saturated rings. The first kappa shape index (κ1) is 16.5. The van der Waals surface area contributed by atoms with Gasteiger partial charge in [-0.15, -0.1) is 0 Å². The fraction of sp³-hybridized carbons (Fsp3) is 0.333. The summed E-state index contributed by atoms with van der Waals surface area (Å²) in [7, 11) is 1.77. The molecule has 3 aromatic rings. The van der Waals surface area contributed by atoms with Gasteiger partial charge in [0.05, 0.1) is 0 Å². The first-order valence-corrected chi connectivity index (χ1v) is 8.64. The molecule has 4 rings (SSSR count). The first-order chi connectivity index (χ1) is 12.7. The van der Waals surface area contributed by atoms with Crippen molar-refractivity contribution >= 4 is 11.9 Å². The maximum absolute atomic E-state index is 12.5. The number of nitrogens with one attached hydrogen (secondary N) is 2. The van der Waals surface area contributed by atoms with Crippen LogP contribution in [0, 0.1) is 0 Å². The van der Waals surface area contributed by atoms with Crippen molar-refractivity contribution in [3.63, 3.8) is 0 Å². The Labute approximate surface area is 150 Å². The lowest BCUT2D eigenvalue weighted by atomic mass is 9.98. The number of carbonyl (C=O) groups excluding carboxylic acids is 1. The Hall–Kier alpha value is -3.00. The van der Waals surface area contributed by atoms with E-state index < -0.39 is 0 Å². The highest BCUT2D eigenvalue weighted by Gasteiger charge is 2.22. The first-order valence-electron chi connectivity index (χ1n) is 8.64. The average molecular weight is 352 g/mol. The third-order valence-electron chi connectivity index (χ3n) is 4.47. The largest absolute Gasteiger partial charge is 0.444 e. The van der Waals surface area contributed by atoms with Crippen molar-refractivity contribution in [3.8, 4) is 11.5 Å². The van der Waals surface area contributed by atoms with Gasteiger partial charge < -0.3 is 9.73 Å². The third-order valence-corrected chi connectivity index (χ3v) is 4.47. The van der Waals surface area contributed by atoms with Crippen LogP contribution in [-0.2, 0) is 7.05 Å². The van der Waals surface area contributed by atoms with Gasteiger partial charge in [0, 0.05) is 18.5 Å². The molecule has 8 heteroatoms. The maximum atomic E-state index is 12.5. The average Bonchev–Trinajstić information content (AvgIpc) is 3.31. The topological polar surface area (TPSA) is 97.9 Å². The van der Waals surface area contributed by atoms with E-state index in [9.17, 15) is 4.79 Å². The van der Waals surface area contributed by atoms with E-state index in [0.717, 1.165) is 37.3 Å². The van der Waals surface area contributed by atoms with E-state index in [1.807, 2.05) is 30.3 Å². The standard InChI is InChI=1S/C18H20N6O2/c1-24-18(21-15(23-24)12-7-9-19-10-8-12)22-16(25)14-11-26-17(20-14)13-5-3-2-4-6-13/h2-6,11-12,19H,7-10H2,1H3,(H,21,22,23,25). The van der Waals surface area contributed by atoms with Gasteiger partial charge in [-0.1, -0.05) is 18.2 Å². The monoisotopic (exact) mass is 352 g/mol. The van der Waals surface area contributed by atoms with Crippen LogP contribution in [0.1, 0.15) is 35.1 Å². The highest BCUT2D eigenvalue weighted by molar-refractivity contribution is 6.01. The number of aryl methyl sites for hydroxylation is 1. The Bertz CT molecular complexity index is 896. The van der Waals surface area contributed by atoms with Gasteiger partial charge in [-0.2, -0.15) is 10.1 Å². The van der Waals surface area contributed by atoms with Crippen LogP contribution < -0.4 is 10.6 Å². The number of piperidine rings is 1. The Morgan fingerprint density at radius 2 is 2.00 bits per heavy atom. The van der Waals surface area contributed by atoms with E-state index >= 15 is 0 Å². The summed E-state index contributed by atoms with van der Waals surface area (Å²) >= 11 is 0. The van der Waals surface area contributed by atoms with Crippen molar-refractivity contribution in [3.05, 3.63) is 48.1 Å². The molecule has 0 radical (unpaired) electrons. The Morgan fingerprint density at radius 3 is 2.77 bits per heavy atom. The van der Waals surface area contributed by atoms with Crippen molar-refractivity contribution in [2.45, 2.75) is 18.8 Å². The molecule has 1 amide bonds. The van der Waals surface area contributed by atoms with E-state index in [2.05, 4.69) is 25.7 Å². The second-order valence-corrected chi connectivity index (χ2v) is 6.30. The lowest BCUT2D eigenvalue weighted by Gasteiger charge is -2.19. The van der Waals surface area contributed by atoms with Crippen molar-refractivity contribution in [2.24, 2.45) is 7.05 Å². The second-order valence-electron chi connectivity index (χ2n) is 6.30. The van der Waals surface area contributed by atoms with Crippen LogP contribution in [0.2, 0.25) is 0 Å². The number of rotatable bonds is 4. The molecule has 8 nitrogen and oxygen atoms in total. The van der Waals surface area contributed by atoms with Gasteiger partial charge in [-0.3, -0.25) is 10.1 Å². The molecule has 0 saturated carbocycles. The van der Waals surface area contributed by atoms with Crippen molar-refractivity contribution < 1.29 is 9.21 Å². The fourth-order valence-corrected chi connectivity index (χ4v) is 3.02. The number of nitrogens with zero attached hydrogens (tertiary/aromatic N) is 4. The highest BCUT2D eigenvalue weighted by Crippen LogP contribution is 2.23. The number of hydrogen-bond acceptors (Lipinski definition) is 6. The molecule has 0 unspecified atom stereocenters. The number of benzene rings is 1. The van der Waals surface area contributed by atoms with Gasteiger partial charge in [0.1, 0.15) is 6.26 Å². The molecule has 134 valence electrons. The molecule has 1 aliphatic rings. The van der Waals surface area contributed by atoms with Gasteiger partial charge in [0.2, 0.25) is 11.8 Å². The fourth-order valence-electron chi connectivity index (χ4n) is 3.02. The molecule has 1 aliphatic heterocycles. The van der Waals surface area contributed by atoms with Crippen LogP contribution in [-0.4, -0.2) is 38.7 Å². The second kappa shape index (κ2) is 7.09. The lowest BCUT2D eigenvalue weighted by molar-refractivity contribution is 0.102. The molecule has 1 saturated heterocycles. The summed E-state index contributed by atoms with van der Waals surface area (Å²) in [5, 5.41) is 10.5. The summed E-state index contributed by atoms with van der Waals surface area (Å²) in [4.78, 5) is 21.2. The van der Waals surface area contributed by atoms with E-state index in [0.29, 0.717) is 17.8 Å². The van der Waals surface area contributed by atoms with Crippen molar-refractivity contribution in [1.82, 2.24) is 25.1 Å². The van der Waals surface area contributed by atoms with Crippen LogP contribution in [0.3, 0.4) is 0 Å². The molecule has 2 aromatic heterocycles. The van der Waals surface area contributed by atoms with Gasteiger partial charge in [-0.25, -0.2) is 9.67 Å². The molecule has 0 bridgehead atoms. The zero-order chi connectivity index (χ0) is 17.9. The Kier molecular flexibility index (Phi) is 4.49. The van der Waals surface area contributed by atoms with Crippen LogP contribution in [0.4, 0.5) is 5.95 Å². The number of amides is 1. The van der Waals surface area contributed by atoms with Crippen molar-refractivity contribution in [2.75, 3.05) is 18.4 Å². The minimum atomic E-state index is -0.372. The van der Waals surface area contributed by atoms with Gasteiger partial charge in [0.15, 0.2) is 11.5 Å². The van der Waals surface area contributed by atoms with E-state index in [1.54, 1.807) is 11.7 Å².